The molecule has 0 radical (unpaired) electrons. The average Bonchev–Trinajstić information content (AvgIpc) is 2.51. The Hall–Kier alpha value is -2.95. The zero-order valence-corrected chi connectivity index (χ0v) is 14.1. The van der Waals surface area contributed by atoms with E-state index in [1.807, 2.05) is 6.07 Å². The quantitative estimate of drug-likeness (QED) is 0.628. The van der Waals surface area contributed by atoms with Crippen LogP contribution in [0.1, 0.15) is 25.8 Å². The van der Waals surface area contributed by atoms with Crippen LogP contribution in [0, 0.1) is 23.1 Å². The van der Waals surface area contributed by atoms with E-state index in [0.29, 0.717) is 5.56 Å². The van der Waals surface area contributed by atoms with E-state index in [1.54, 1.807) is 13.0 Å². The molecule has 4 N–H and O–H groups in total. The number of primary amides is 1. The van der Waals surface area contributed by atoms with Crippen LogP contribution in [-0.4, -0.2) is 29.8 Å². The minimum absolute atomic E-state index is 0.0303. The molecule has 0 unspecified atom stereocenters. The summed E-state index contributed by atoms with van der Waals surface area (Å²) in [6, 6.07) is 5.50. The Morgan fingerprint density at radius 3 is 2.52 bits per heavy atom. The van der Waals surface area contributed by atoms with Gasteiger partial charge < -0.3 is 16.4 Å². The Kier molecular flexibility index (Phi) is 7.53. The Morgan fingerprint density at radius 2 is 2.00 bits per heavy atom. The fourth-order valence-corrected chi connectivity index (χ4v) is 2.36. The van der Waals surface area contributed by atoms with E-state index < -0.39 is 41.5 Å². The lowest BCUT2D eigenvalue weighted by Gasteiger charge is -2.24. The van der Waals surface area contributed by atoms with Crippen LogP contribution in [0.5, 0.6) is 0 Å². The van der Waals surface area contributed by atoms with Gasteiger partial charge in [-0.2, -0.15) is 5.26 Å². The van der Waals surface area contributed by atoms with E-state index in [1.165, 1.54) is 25.1 Å². The molecule has 0 fully saturated rings. The summed E-state index contributed by atoms with van der Waals surface area (Å²) in [6.45, 7) is 2.86. The van der Waals surface area contributed by atoms with Gasteiger partial charge in [-0.3, -0.25) is 14.4 Å². The average molecular weight is 348 g/mol. The summed E-state index contributed by atoms with van der Waals surface area (Å²) >= 11 is 0. The Morgan fingerprint density at radius 1 is 1.32 bits per heavy atom. The summed E-state index contributed by atoms with van der Waals surface area (Å²) in [5.74, 6) is -2.80. The molecule has 3 amide bonds. The second-order valence-corrected chi connectivity index (χ2v) is 5.82. The molecule has 1 aromatic carbocycles. The molecule has 0 aliphatic carbocycles. The van der Waals surface area contributed by atoms with Gasteiger partial charge in [-0.05, 0) is 23.6 Å². The summed E-state index contributed by atoms with van der Waals surface area (Å²) in [5, 5.41) is 13.7. The van der Waals surface area contributed by atoms with E-state index in [9.17, 15) is 18.8 Å². The molecule has 0 aliphatic rings. The van der Waals surface area contributed by atoms with E-state index in [2.05, 4.69) is 10.6 Å². The fourth-order valence-electron chi connectivity index (χ4n) is 2.36. The van der Waals surface area contributed by atoms with Crippen molar-refractivity contribution in [2.24, 2.45) is 11.7 Å². The highest BCUT2D eigenvalue weighted by molar-refractivity contribution is 5.91. The maximum absolute atomic E-state index is 13.3. The summed E-state index contributed by atoms with van der Waals surface area (Å²) in [6.07, 6.45) is 0.0733. The lowest BCUT2D eigenvalue weighted by molar-refractivity contribution is -0.131. The zero-order chi connectivity index (χ0) is 19.0. The van der Waals surface area contributed by atoms with E-state index in [0.717, 1.165) is 0 Å². The maximum atomic E-state index is 13.3. The number of rotatable bonds is 8. The molecule has 134 valence electrons. The minimum Gasteiger partial charge on any atom is -0.368 e. The van der Waals surface area contributed by atoms with Gasteiger partial charge in [0.15, 0.2) is 0 Å². The first-order valence-corrected chi connectivity index (χ1v) is 7.72. The van der Waals surface area contributed by atoms with Crippen LogP contribution >= 0.6 is 0 Å². The minimum atomic E-state index is -1.05. The number of nitriles is 1. The number of amides is 3. The van der Waals surface area contributed by atoms with Crippen LogP contribution in [0.15, 0.2) is 24.3 Å². The fraction of sp³-hybridized carbons (Fsp3) is 0.412. The van der Waals surface area contributed by atoms with Crippen LogP contribution in [0.25, 0.3) is 0 Å². The van der Waals surface area contributed by atoms with E-state index >= 15 is 0 Å². The smallest absolute Gasteiger partial charge is 0.243 e. The number of carbonyl (C=O) groups is 3. The van der Waals surface area contributed by atoms with Crippen LogP contribution in [0.3, 0.4) is 0 Å². The van der Waals surface area contributed by atoms with Crippen molar-refractivity contribution < 1.29 is 18.8 Å². The molecule has 0 saturated carbocycles. The first-order valence-electron chi connectivity index (χ1n) is 7.72. The number of halogens is 1. The topological polar surface area (TPSA) is 125 Å². The molecule has 0 spiro atoms. The largest absolute Gasteiger partial charge is 0.368 e. The standard InChI is InChI=1S/C17H21FN4O3/c1-10(6-7-19)15(16(20)24)22-17(25)14(21-11(2)23)9-12-4-3-5-13(18)8-12/h3-5,8,10,14-15H,6,9H2,1-2H3,(H2,20,24)(H,21,23)(H,22,25)/t10-,14-,15-/m0/s1. The molecule has 0 aromatic heterocycles. The lowest BCUT2D eigenvalue weighted by Crippen LogP contribution is -2.55. The van der Waals surface area contributed by atoms with Crippen LogP contribution < -0.4 is 16.4 Å². The van der Waals surface area contributed by atoms with Crippen molar-refractivity contribution in [3.05, 3.63) is 35.6 Å². The highest BCUT2D eigenvalue weighted by atomic mass is 19.1. The third kappa shape index (κ3) is 6.59. The molecule has 3 atom stereocenters. The predicted octanol–water partition coefficient (Wildman–Crippen LogP) is 0.393. The summed E-state index contributed by atoms with van der Waals surface area (Å²) in [7, 11) is 0. The van der Waals surface area contributed by atoms with Gasteiger partial charge >= 0.3 is 0 Å². The van der Waals surface area contributed by atoms with Crippen molar-refractivity contribution in [1.29, 1.82) is 5.26 Å². The normalized spacial score (nSPS) is 13.8. The molecule has 1 rings (SSSR count). The number of hydrogen-bond donors (Lipinski definition) is 3. The van der Waals surface area contributed by atoms with Crippen molar-refractivity contribution in [2.45, 2.75) is 38.8 Å². The van der Waals surface area contributed by atoms with Gasteiger partial charge in [0.1, 0.15) is 17.9 Å². The first kappa shape index (κ1) is 20.1. The van der Waals surface area contributed by atoms with Gasteiger partial charge in [-0.15, -0.1) is 0 Å². The predicted molar refractivity (Wildman–Crippen MR) is 88.2 cm³/mol. The Bertz CT molecular complexity index is 687. The van der Waals surface area contributed by atoms with Gasteiger partial charge in [0.25, 0.3) is 0 Å². The summed E-state index contributed by atoms with van der Waals surface area (Å²) in [5.41, 5.74) is 5.80. The number of carbonyl (C=O) groups excluding carboxylic acids is 3. The molecule has 7 nitrogen and oxygen atoms in total. The molecule has 1 aromatic rings. The van der Waals surface area contributed by atoms with Crippen LogP contribution in [0.4, 0.5) is 4.39 Å². The molecule has 0 aliphatic heterocycles. The second-order valence-electron chi connectivity index (χ2n) is 5.82. The van der Waals surface area contributed by atoms with Crippen molar-refractivity contribution in [3.8, 4) is 6.07 Å². The third-order valence-corrected chi connectivity index (χ3v) is 3.61. The van der Waals surface area contributed by atoms with Crippen molar-refractivity contribution in [1.82, 2.24) is 10.6 Å². The number of nitrogens with two attached hydrogens (primary N) is 1. The van der Waals surface area contributed by atoms with Gasteiger partial charge in [-0.1, -0.05) is 19.1 Å². The number of nitrogens with one attached hydrogen (secondary N) is 2. The lowest BCUT2D eigenvalue weighted by atomic mass is 9.97. The molecule has 0 bridgehead atoms. The summed E-state index contributed by atoms with van der Waals surface area (Å²) < 4.78 is 13.3. The molecule has 0 saturated heterocycles. The molecular formula is C17H21FN4O3. The summed E-state index contributed by atoms with van der Waals surface area (Å²) in [4.78, 5) is 35.4. The monoisotopic (exact) mass is 348 g/mol. The SMILES string of the molecule is CC(=O)N[C@@H](Cc1cccc(F)c1)C(=O)N[C@H](C(N)=O)[C@@H](C)CC#N. The van der Waals surface area contributed by atoms with Gasteiger partial charge in [0, 0.05) is 19.8 Å². The first-order chi connectivity index (χ1) is 11.7. The highest BCUT2D eigenvalue weighted by Crippen LogP contribution is 2.10. The van der Waals surface area contributed by atoms with Gasteiger partial charge in [-0.25, -0.2) is 4.39 Å². The van der Waals surface area contributed by atoms with Crippen LogP contribution in [0.2, 0.25) is 0 Å². The second kappa shape index (κ2) is 9.37. The highest BCUT2D eigenvalue weighted by Gasteiger charge is 2.28. The molecule has 8 heteroatoms. The van der Waals surface area contributed by atoms with Crippen molar-refractivity contribution >= 4 is 17.7 Å². The molecule has 25 heavy (non-hydrogen) atoms. The van der Waals surface area contributed by atoms with Crippen LogP contribution in [-0.2, 0) is 20.8 Å². The molecule has 0 heterocycles. The number of nitrogens with zero attached hydrogens (tertiary/aromatic N) is 1. The van der Waals surface area contributed by atoms with Gasteiger partial charge in [0.05, 0.1) is 6.07 Å². The maximum Gasteiger partial charge on any atom is 0.243 e. The van der Waals surface area contributed by atoms with E-state index in [-0.39, 0.29) is 12.8 Å². The van der Waals surface area contributed by atoms with Crippen molar-refractivity contribution in [2.75, 3.05) is 0 Å². The number of benzene rings is 1. The number of hydrogen-bond acceptors (Lipinski definition) is 4. The van der Waals surface area contributed by atoms with Gasteiger partial charge in [0.2, 0.25) is 17.7 Å². The zero-order valence-electron chi connectivity index (χ0n) is 14.1. The molecular weight excluding hydrogens is 327 g/mol. The Labute approximate surface area is 145 Å². The van der Waals surface area contributed by atoms with Crippen molar-refractivity contribution in [3.63, 3.8) is 0 Å². The Balaban J connectivity index is 2.93. The third-order valence-electron chi connectivity index (χ3n) is 3.61. The van der Waals surface area contributed by atoms with E-state index in [4.69, 9.17) is 11.0 Å².